The van der Waals surface area contributed by atoms with Crippen molar-refractivity contribution in [2.45, 2.75) is 4.34 Å². The maximum absolute atomic E-state index is 11.8. The molecular weight excluding hydrogens is 282 g/mol. The smallest absolute Gasteiger partial charge is 0.213 e. The zero-order valence-electron chi connectivity index (χ0n) is 9.89. The lowest BCUT2D eigenvalue weighted by Crippen LogP contribution is -2.10. The molecule has 19 heavy (non-hydrogen) atoms. The van der Waals surface area contributed by atoms with E-state index in [0.717, 1.165) is 11.4 Å². The third kappa shape index (κ3) is 2.42. The van der Waals surface area contributed by atoms with Crippen LogP contribution in [0.1, 0.15) is 0 Å². The van der Waals surface area contributed by atoms with Crippen molar-refractivity contribution in [1.82, 2.24) is 19.6 Å². The van der Waals surface area contributed by atoms with Gasteiger partial charge >= 0.3 is 0 Å². The third-order valence-corrected chi connectivity index (χ3v) is 5.05. The number of hydrogen-bond donors (Lipinski definition) is 1. The van der Waals surface area contributed by atoms with Gasteiger partial charge in [0.25, 0.3) is 0 Å². The van der Waals surface area contributed by atoms with Gasteiger partial charge in [0.15, 0.2) is 0 Å². The number of nitrogens with zero attached hydrogens (tertiary/aromatic N) is 4. The highest BCUT2D eigenvalue weighted by Crippen LogP contribution is 2.22. The second-order valence-electron chi connectivity index (χ2n) is 3.77. The van der Waals surface area contributed by atoms with E-state index < -0.39 is 10.8 Å². The molecule has 3 aromatic heterocycles. The summed E-state index contributed by atoms with van der Waals surface area (Å²) in [6.07, 6.45) is 3.51. The van der Waals surface area contributed by atoms with Crippen LogP contribution in [0.3, 0.4) is 0 Å². The third-order valence-electron chi connectivity index (χ3n) is 2.45. The minimum atomic E-state index is -1.14. The van der Waals surface area contributed by atoms with Crippen LogP contribution in [0.5, 0.6) is 0 Å². The van der Waals surface area contributed by atoms with E-state index in [4.69, 9.17) is 5.73 Å². The summed E-state index contributed by atoms with van der Waals surface area (Å²) in [5, 5.41) is 4.27. The van der Waals surface area contributed by atoms with Crippen LogP contribution < -0.4 is 5.73 Å². The number of fused-ring (bicyclic) bond motifs is 1. The summed E-state index contributed by atoms with van der Waals surface area (Å²) in [6, 6.07) is 5.65. The van der Waals surface area contributed by atoms with Crippen molar-refractivity contribution >= 4 is 27.1 Å². The maximum atomic E-state index is 11.8. The first-order valence-corrected chi connectivity index (χ1v) is 7.77. The molecule has 0 fully saturated rings. The van der Waals surface area contributed by atoms with Gasteiger partial charge in [-0.2, -0.15) is 0 Å². The first-order valence-electron chi connectivity index (χ1n) is 5.64. The molecule has 0 radical (unpaired) electrons. The molecule has 1 unspecified atom stereocenters. The van der Waals surface area contributed by atoms with Gasteiger partial charge in [0.2, 0.25) is 9.30 Å². The van der Waals surface area contributed by atoms with Gasteiger partial charge in [0.05, 0.1) is 22.7 Å². The number of rotatable bonds is 4. The van der Waals surface area contributed by atoms with Crippen molar-refractivity contribution in [1.29, 1.82) is 0 Å². The van der Waals surface area contributed by atoms with Crippen LogP contribution in [0.4, 0.5) is 0 Å². The average molecular weight is 293 g/mol. The zero-order valence-corrected chi connectivity index (χ0v) is 11.5. The maximum Gasteiger partial charge on any atom is 0.213 e. The second-order valence-corrected chi connectivity index (χ2v) is 6.47. The Bertz CT molecular complexity index is 690. The molecule has 0 aliphatic rings. The summed E-state index contributed by atoms with van der Waals surface area (Å²) in [7, 11) is -1.14. The molecule has 3 rings (SSSR count). The lowest BCUT2D eigenvalue weighted by molar-refractivity contribution is 0.680. The molecule has 1 atom stereocenters. The largest absolute Gasteiger partial charge is 0.330 e. The van der Waals surface area contributed by atoms with Gasteiger partial charge in [-0.15, -0.1) is 5.10 Å². The molecule has 98 valence electrons. The molecule has 0 saturated heterocycles. The highest BCUT2D eigenvalue weighted by Gasteiger charge is 2.13. The van der Waals surface area contributed by atoms with Gasteiger partial charge in [-0.1, -0.05) is 17.4 Å². The first kappa shape index (κ1) is 12.4. The molecule has 0 saturated carbocycles. The Kier molecular flexibility index (Phi) is 3.36. The molecule has 3 heterocycles. The predicted octanol–water partition coefficient (Wildman–Crippen LogP) is 0.919. The van der Waals surface area contributed by atoms with Crippen molar-refractivity contribution in [3.8, 4) is 11.4 Å². The fraction of sp³-hybridized carbons (Fsp3) is 0.182. The summed E-state index contributed by atoms with van der Waals surface area (Å²) < 4.78 is 14.0. The van der Waals surface area contributed by atoms with E-state index in [9.17, 15) is 4.21 Å². The number of aromatic nitrogens is 4. The van der Waals surface area contributed by atoms with Gasteiger partial charge in [0, 0.05) is 18.5 Å². The Morgan fingerprint density at radius 1 is 1.37 bits per heavy atom. The number of pyridine rings is 1. The van der Waals surface area contributed by atoms with E-state index in [-0.39, 0.29) is 0 Å². The van der Waals surface area contributed by atoms with E-state index in [1.807, 2.05) is 18.2 Å². The van der Waals surface area contributed by atoms with Gasteiger partial charge < -0.3 is 5.73 Å². The van der Waals surface area contributed by atoms with E-state index in [2.05, 4.69) is 15.1 Å². The Balaban J connectivity index is 1.96. The van der Waals surface area contributed by atoms with Crippen LogP contribution in [0.25, 0.3) is 16.3 Å². The Hall–Kier alpha value is -1.64. The number of hydrogen-bond acceptors (Lipinski definition) is 6. The molecule has 0 aliphatic carbocycles. The molecule has 0 aliphatic heterocycles. The van der Waals surface area contributed by atoms with Gasteiger partial charge in [-0.25, -0.2) is 9.50 Å². The molecule has 0 spiro atoms. The van der Waals surface area contributed by atoms with Crippen molar-refractivity contribution in [3.05, 3.63) is 30.6 Å². The lowest BCUT2D eigenvalue weighted by atomic mass is 10.3. The topological polar surface area (TPSA) is 86.2 Å². The SMILES string of the molecule is NCCS(=O)c1nn2cc(-c3ccccn3)nc2s1. The van der Waals surface area contributed by atoms with Crippen molar-refractivity contribution in [2.75, 3.05) is 12.3 Å². The van der Waals surface area contributed by atoms with Crippen LogP contribution in [0, 0.1) is 0 Å². The standard InChI is InChI=1S/C11H11N5OS2/c12-4-6-19(17)11-15-16-7-9(14-10(16)18-11)8-3-1-2-5-13-8/h1-3,5,7H,4,6,12H2. The van der Waals surface area contributed by atoms with Crippen molar-refractivity contribution < 1.29 is 4.21 Å². The summed E-state index contributed by atoms with van der Waals surface area (Å²) in [5.74, 6) is 0.420. The van der Waals surface area contributed by atoms with Gasteiger partial charge in [-0.05, 0) is 12.1 Å². The highest BCUT2D eigenvalue weighted by atomic mass is 32.2. The zero-order chi connectivity index (χ0) is 13.2. The second kappa shape index (κ2) is 5.16. The summed E-state index contributed by atoms with van der Waals surface area (Å²) in [4.78, 5) is 9.38. The van der Waals surface area contributed by atoms with Gasteiger partial charge in [-0.3, -0.25) is 9.19 Å². The van der Waals surface area contributed by atoms with Crippen molar-refractivity contribution in [2.24, 2.45) is 5.73 Å². The number of imidazole rings is 1. The van der Waals surface area contributed by atoms with Crippen molar-refractivity contribution in [3.63, 3.8) is 0 Å². The first-order chi connectivity index (χ1) is 9.28. The number of nitrogens with two attached hydrogens (primary N) is 1. The van der Waals surface area contributed by atoms with E-state index >= 15 is 0 Å². The van der Waals surface area contributed by atoms with E-state index in [1.54, 1.807) is 16.9 Å². The highest BCUT2D eigenvalue weighted by molar-refractivity contribution is 7.87. The fourth-order valence-electron chi connectivity index (χ4n) is 1.61. The molecule has 0 aromatic carbocycles. The quantitative estimate of drug-likeness (QED) is 0.773. The van der Waals surface area contributed by atoms with E-state index in [1.165, 1.54) is 11.3 Å². The Morgan fingerprint density at radius 3 is 2.95 bits per heavy atom. The molecule has 0 amide bonds. The molecule has 6 nitrogen and oxygen atoms in total. The normalized spacial score (nSPS) is 12.9. The Labute approximate surface area is 115 Å². The molecule has 8 heteroatoms. The summed E-state index contributed by atoms with van der Waals surface area (Å²) >= 11 is 1.32. The van der Waals surface area contributed by atoms with Crippen LogP contribution in [0.15, 0.2) is 34.9 Å². The minimum Gasteiger partial charge on any atom is -0.330 e. The predicted molar refractivity (Wildman–Crippen MR) is 74.4 cm³/mol. The van der Waals surface area contributed by atoms with Crippen LogP contribution in [-0.4, -0.2) is 36.1 Å². The average Bonchev–Trinajstić information content (AvgIpc) is 2.98. The molecular formula is C11H11N5OS2. The summed E-state index contributed by atoms with van der Waals surface area (Å²) in [5.41, 5.74) is 6.95. The monoisotopic (exact) mass is 293 g/mol. The molecule has 2 N–H and O–H groups in total. The fourth-order valence-corrected chi connectivity index (χ4v) is 3.64. The minimum absolute atomic E-state index is 0.383. The Morgan fingerprint density at radius 2 is 2.26 bits per heavy atom. The van der Waals surface area contributed by atoms with Crippen LogP contribution >= 0.6 is 11.3 Å². The molecule has 3 aromatic rings. The van der Waals surface area contributed by atoms with Gasteiger partial charge in [0.1, 0.15) is 5.69 Å². The van der Waals surface area contributed by atoms with E-state index in [0.29, 0.717) is 21.6 Å². The van der Waals surface area contributed by atoms with Crippen LogP contribution in [-0.2, 0) is 10.8 Å². The van der Waals surface area contributed by atoms with Crippen LogP contribution in [0.2, 0.25) is 0 Å². The molecule has 0 bridgehead atoms. The summed E-state index contributed by atoms with van der Waals surface area (Å²) in [6.45, 7) is 0.383. The lowest BCUT2D eigenvalue weighted by Gasteiger charge is -1.93.